The van der Waals surface area contributed by atoms with Crippen LogP contribution in [0.5, 0.6) is 0 Å². The van der Waals surface area contributed by atoms with Gasteiger partial charge >= 0.3 is 0 Å². The first-order valence-electron chi connectivity index (χ1n) is 4.94. The Bertz CT molecular complexity index is 468. The van der Waals surface area contributed by atoms with E-state index in [1.807, 2.05) is 19.2 Å². The van der Waals surface area contributed by atoms with Crippen molar-refractivity contribution in [3.8, 4) is 10.7 Å². The average Bonchev–Trinajstić information content (AvgIpc) is 2.87. The second-order valence-electron chi connectivity index (χ2n) is 3.51. The number of aromatic nitrogens is 2. The summed E-state index contributed by atoms with van der Waals surface area (Å²) >= 11 is 7.29. The summed E-state index contributed by atoms with van der Waals surface area (Å²) in [5.74, 6) is 1.25. The van der Waals surface area contributed by atoms with Crippen molar-refractivity contribution < 1.29 is 4.52 Å². The molecule has 1 N–H and O–H groups in total. The minimum absolute atomic E-state index is 0.320. The number of hydrogen-bond donors (Lipinski definition) is 1. The van der Waals surface area contributed by atoms with Gasteiger partial charge in [-0.1, -0.05) is 16.8 Å². The summed E-state index contributed by atoms with van der Waals surface area (Å²) in [6.45, 7) is 2.06. The molecule has 2 heterocycles. The standard InChI is InChI=1S/C10H12ClN3OS/c1-6(12-2)5-9-13-10(14-15-9)7-3-4-8(11)16-7/h3-4,6,12H,5H2,1-2H3. The number of thiophene rings is 1. The van der Waals surface area contributed by atoms with Gasteiger partial charge < -0.3 is 9.84 Å². The molecule has 1 atom stereocenters. The van der Waals surface area contributed by atoms with E-state index in [-0.39, 0.29) is 0 Å². The highest BCUT2D eigenvalue weighted by atomic mass is 35.5. The van der Waals surface area contributed by atoms with Crippen molar-refractivity contribution in [1.82, 2.24) is 15.5 Å². The van der Waals surface area contributed by atoms with E-state index in [0.29, 0.717) is 17.8 Å². The Morgan fingerprint density at radius 2 is 2.38 bits per heavy atom. The number of halogens is 1. The molecule has 2 rings (SSSR count). The maximum absolute atomic E-state index is 5.85. The fraction of sp³-hybridized carbons (Fsp3) is 0.400. The van der Waals surface area contributed by atoms with E-state index in [4.69, 9.17) is 16.1 Å². The molecule has 0 bridgehead atoms. The molecule has 6 heteroatoms. The third-order valence-electron chi connectivity index (χ3n) is 2.24. The highest BCUT2D eigenvalue weighted by Crippen LogP contribution is 2.28. The molecule has 1 unspecified atom stereocenters. The van der Waals surface area contributed by atoms with E-state index in [0.717, 1.165) is 15.6 Å². The minimum Gasteiger partial charge on any atom is -0.339 e. The van der Waals surface area contributed by atoms with Crippen LogP contribution in [0.25, 0.3) is 10.7 Å². The van der Waals surface area contributed by atoms with Gasteiger partial charge in [0.05, 0.1) is 9.21 Å². The van der Waals surface area contributed by atoms with Crippen molar-refractivity contribution in [1.29, 1.82) is 0 Å². The minimum atomic E-state index is 0.320. The lowest BCUT2D eigenvalue weighted by Gasteiger charge is -2.04. The lowest BCUT2D eigenvalue weighted by molar-refractivity contribution is 0.365. The Morgan fingerprint density at radius 1 is 1.56 bits per heavy atom. The lowest BCUT2D eigenvalue weighted by atomic mass is 10.2. The highest BCUT2D eigenvalue weighted by molar-refractivity contribution is 7.19. The predicted octanol–water partition coefficient (Wildman–Crippen LogP) is 2.60. The number of nitrogens with one attached hydrogen (secondary N) is 1. The molecule has 2 aromatic rings. The van der Waals surface area contributed by atoms with E-state index < -0.39 is 0 Å². The fourth-order valence-electron chi connectivity index (χ4n) is 1.24. The molecule has 16 heavy (non-hydrogen) atoms. The van der Waals surface area contributed by atoms with Gasteiger partial charge in [0.1, 0.15) is 0 Å². The number of nitrogens with zero attached hydrogens (tertiary/aromatic N) is 2. The van der Waals surface area contributed by atoms with Crippen molar-refractivity contribution in [3.63, 3.8) is 0 Å². The predicted molar refractivity (Wildman–Crippen MR) is 64.8 cm³/mol. The third kappa shape index (κ3) is 2.61. The van der Waals surface area contributed by atoms with Crippen LogP contribution in [0.15, 0.2) is 16.7 Å². The summed E-state index contributed by atoms with van der Waals surface area (Å²) in [6, 6.07) is 4.04. The smallest absolute Gasteiger partial charge is 0.228 e. The van der Waals surface area contributed by atoms with Gasteiger partial charge in [-0.25, -0.2) is 0 Å². The monoisotopic (exact) mass is 257 g/mol. The molecular formula is C10H12ClN3OS. The fourth-order valence-corrected chi connectivity index (χ4v) is 2.21. The van der Waals surface area contributed by atoms with Gasteiger partial charge in [-0.15, -0.1) is 11.3 Å². The highest BCUT2D eigenvalue weighted by Gasteiger charge is 2.12. The lowest BCUT2D eigenvalue weighted by Crippen LogP contribution is -2.23. The van der Waals surface area contributed by atoms with Crippen LogP contribution in [0.1, 0.15) is 12.8 Å². The van der Waals surface area contributed by atoms with Crippen LogP contribution in [0.3, 0.4) is 0 Å². The molecule has 86 valence electrons. The Morgan fingerprint density at radius 3 is 3.00 bits per heavy atom. The van der Waals surface area contributed by atoms with Gasteiger partial charge in [-0.3, -0.25) is 0 Å². The molecule has 0 spiro atoms. The van der Waals surface area contributed by atoms with E-state index in [2.05, 4.69) is 22.4 Å². The quantitative estimate of drug-likeness (QED) is 0.915. The second-order valence-corrected chi connectivity index (χ2v) is 5.22. The summed E-state index contributed by atoms with van der Waals surface area (Å²) in [7, 11) is 1.90. The van der Waals surface area contributed by atoms with Crippen molar-refractivity contribution in [2.24, 2.45) is 0 Å². The Kier molecular flexibility index (Phi) is 3.58. The molecule has 2 aromatic heterocycles. The van der Waals surface area contributed by atoms with E-state index in [1.54, 1.807) is 0 Å². The second kappa shape index (κ2) is 4.95. The van der Waals surface area contributed by atoms with Crippen LogP contribution >= 0.6 is 22.9 Å². The SMILES string of the molecule is CNC(C)Cc1nc(-c2ccc(Cl)s2)no1. The van der Waals surface area contributed by atoms with E-state index in [1.165, 1.54) is 11.3 Å². The normalized spacial score (nSPS) is 12.9. The maximum atomic E-state index is 5.85. The summed E-state index contributed by atoms with van der Waals surface area (Å²) in [5, 5.41) is 7.05. The van der Waals surface area contributed by atoms with Crippen LogP contribution in [0, 0.1) is 0 Å². The first-order valence-corrected chi connectivity index (χ1v) is 6.14. The first-order chi connectivity index (χ1) is 7.69. The van der Waals surface area contributed by atoms with Crippen LogP contribution in [0.4, 0.5) is 0 Å². The third-order valence-corrected chi connectivity index (χ3v) is 3.46. The Balaban J connectivity index is 2.13. The molecule has 0 saturated heterocycles. The van der Waals surface area contributed by atoms with Gasteiger partial charge in [0.15, 0.2) is 0 Å². The molecule has 0 aromatic carbocycles. The maximum Gasteiger partial charge on any atom is 0.228 e. The van der Waals surface area contributed by atoms with Gasteiger partial charge in [0.25, 0.3) is 0 Å². The average molecular weight is 258 g/mol. The molecule has 0 aliphatic carbocycles. The van der Waals surface area contributed by atoms with Crippen molar-refractivity contribution >= 4 is 22.9 Å². The molecule has 4 nitrogen and oxygen atoms in total. The summed E-state index contributed by atoms with van der Waals surface area (Å²) < 4.78 is 5.89. The number of rotatable bonds is 4. The topological polar surface area (TPSA) is 51.0 Å². The molecule has 0 saturated carbocycles. The van der Waals surface area contributed by atoms with Crippen molar-refractivity contribution in [2.75, 3.05) is 7.05 Å². The largest absolute Gasteiger partial charge is 0.339 e. The van der Waals surface area contributed by atoms with Gasteiger partial charge in [-0.2, -0.15) is 4.98 Å². The van der Waals surface area contributed by atoms with E-state index in [9.17, 15) is 0 Å². The van der Waals surface area contributed by atoms with E-state index >= 15 is 0 Å². The molecule has 0 fully saturated rings. The molecule has 0 aliphatic heterocycles. The number of likely N-dealkylation sites (N-methyl/N-ethyl adjacent to an activating group) is 1. The van der Waals surface area contributed by atoms with Gasteiger partial charge in [-0.05, 0) is 26.1 Å². The molecule has 0 radical (unpaired) electrons. The zero-order valence-corrected chi connectivity index (χ0v) is 10.6. The van der Waals surface area contributed by atoms with Crippen LogP contribution < -0.4 is 5.32 Å². The zero-order valence-electron chi connectivity index (χ0n) is 9.03. The summed E-state index contributed by atoms with van der Waals surface area (Å²) in [4.78, 5) is 5.24. The van der Waals surface area contributed by atoms with Crippen LogP contribution in [-0.2, 0) is 6.42 Å². The summed E-state index contributed by atoms with van der Waals surface area (Å²) in [6.07, 6.45) is 0.725. The zero-order chi connectivity index (χ0) is 11.5. The molecule has 0 aliphatic rings. The van der Waals surface area contributed by atoms with Crippen molar-refractivity contribution in [3.05, 3.63) is 22.4 Å². The van der Waals surface area contributed by atoms with Gasteiger partial charge in [0, 0.05) is 12.5 Å². The van der Waals surface area contributed by atoms with Crippen molar-refractivity contribution in [2.45, 2.75) is 19.4 Å². The Hall–Kier alpha value is -0.910. The van der Waals surface area contributed by atoms with Crippen LogP contribution in [-0.4, -0.2) is 23.2 Å². The summed E-state index contributed by atoms with van der Waals surface area (Å²) in [5.41, 5.74) is 0. The van der Waals surface area contributed by atoms with Crippen LogP contribution in [0.2, 0.25) is 4.34 Å². The molecule has 0 amide bonds. The first kappa shape index (κ1) is 11.6. The van der Waals surface area contributed by atoms with Gasteiger partial charge in [0.2, 0.25) is 11.7 Å². The Labute approximate surface area is 103 Å². The number of hydrogen-bond acceptors (Lipinski definition) is 5. The molecular weight excluding hydrogens is 246 g/mol.